The number of likely N-dealkylation sites (tertiary alicyclic amines) is 1. The van der Waals surface area contributed by atoms with Crippen LogP contribution in [0.25, 0.3) is 10.9 Å². The summed E-state index contributed by atoms with van der Waals surface area (Å²) in [5.41, 5.74) is 3.56. The van der Waals surface area contributed by atoms with Crippen molar-refractivity contribution in [2.24, 2.45) is 0 Å². The van der Waals surface area contributed by atoms with Crippen molar-refractivity contribution >= 4 is 10.9 Å². The summed E-state index contributed by atoms with van der Waals surface area (Å²) in [5, 5.41) is 14.9. The highest BCUT2D eigenvalue weighted by atomic mass is 16.3. The lowest BCUT2D eigenvalue weighted by molar-refractivity contribution is 0.198. The SMILES string of the molecule is OCCn1ccc(C2CCCN(Cc3ccnc4ccccc34)C2)n1. The molecule has 1 N–H and O–H groups in total. The maximum atomic E-state index is 9.06. The van der Waals surface area contributed by atoms with Crippen LogP contribution in [-0.4, -0.2) is 44.5 Å². The molecule has 3 heterocycles. The van der Waals surface area contributed by atoms with Gasteiger partial charge < -0.3 is 5.11 Å². The van der Waals surface area contributed by atoms with Crippen molar-refractivity contribution in [3.05, 3.63) is 60.0 Å². The van der Waals surface area contributed by atoms with Crippen LogP contribution in [0.15, 0.2) is 48.8 Å². The van der Waals surface area contributed by atoms with E-state index in [0.717, 1.165) is 30.8 Å². The van der Waals surface area contributed by atoms with Gasteiger partial charge in [0.05, 0.1) is 24.4 Å². The fourth-order valence-corrected chi connectivity index (χ4v) is 3.80. The number of hydrogen-bond acceptors (Lipinski definition) is 4. The highest BCUT2D eigenvalue weighted by Crippen LogP contribution is 2.27. The maximum Gasteiger partial charge on any atom is 0.0705 e. The Morgan fingerprint density at radius 2 is 2.08 bits per heavy atom. The molecule has 0 spiro atoms. The summed E-state index contributed by atoms with van der Waals surface area (Å²) in [7, 11) is 0. The molecule has 1 aliphatic heterocycles. The highest BCUT2D eigenvalue weighted by molar-refractivity contribution is 5.81. The van der Waals surface area contributed by atoms with Crippen molar-refractivity contribution in [3.63, 3.8) is 0 Å². The zero-order valence-corrected chi connectivity index (χ0v) is 14.4. The zero-order valence-electron chi connectivity index (χ0n) is 14.4. The summed E-state index contributed by atoms with van der Waals surface area (Å²) >= 11 is 0. The molecule has 25 heavy (non-hydrogen) atoms. The number of piperidine rings is 1. The summed E-state index contributed by atoms with van der Waals surface area (Å²) in [6.07, 6.45) is 6.26. The second-order valence-electron chi connectivity index (χ2n) is 6.79. The molecule has 1 aromatic carbocycles. The van der Waals surface area contributed by atoms with Crippen LogP contribution in [0, 0.1) is 0 Å². The topological polar surface area (TPSA) is 54.2 Å². The molecule has 0 saturated carbocycles. The Morgan fingerprint density at radius 1 is 1.16 bits per heavy atom. The zero-order chi connectivity index (χ0) is 17.1. The minimum Gasteiger partial charge on any atom is -0.394 e. The Balaban J connectivity index is 1.49. The number of fused-ring (bicyclic) bond motifs is 1. The third-order valence-corrected chi connectivity index (χ3v) is 5.05. The van der Waals surface area contributed by atoms with Crippen molar-refractivity contribution < 1.29 is 5.11 Å². The van der Waals surface area contributed by atoms with Gasteiger partial charge in [0.2, 0.25) is 0 Å². The quantitative estimate of drug-likeness (QED) is 0.778. The third kappa shape index (κ3) is 3.57. The van der Waals surface area contributed by atoms with E-state index in [4.69, 9.17) is 5.11 Å². The van der Waals surface area contributed by atoms with E-state index < -0.39 is 0 Å². The number of pyridine rings is 1. The van der Waals surface area contributed by atoms with E-state index in [0.29, 0.717) is 12.5 Å². The van der Waals surface area contributed by atoms with Gasteiger partial charge in [0, 0.05) is 36.8 Å². The molecule has 0 amide bonds. The molecular formula is C20H24N4O. The predicted molar refractivity (Wildman–Crippen MR) is 98.3 cm³/mol. The predicted octanol–water partition coefficient (Wildman–Crippen LogP) is 2.80. The van der Waals surface area contributed by atoms with Gasteiger partial charge in [-0.1, -0.05) is 18.2 Å². The van der Waals surface area contributed by atoms with E-state index in [1.165, 1.54) is 23.8 Å². The fourth-order valence-electron chi connectivity index (χ4n) is 3.80. The first-order valence-electron chi connectivity index (χ1n) is 9.02. The monoisotopic (exact) mass is 336 g/mol. The summed E-state index contributed by atoms with van der Waals surface area (Å²) in [6, 6.07) is 12.6. The van der Waals surface area contributed by atoms with E-state index >= 15 is 0 Å². The van der Waals surface area contributed by atoms with E-state index in [2.05, 4.69) is 45.3 Å². The van der Waals surface area contributed by atoms with Crippen molar-refractivity contribution in [3.8, 4) is 0 Å². The van der Waals surface area contributed by atoms with Gasteiger partial charge in [-0.25, -0.2) is 0 Å². The fraction of sp³-hybridized carbons (Fsp3) is 0.400. The van der Waals surface area contributed by atoms with Gasteiger partial charge >= 0.3 is 0 Å². The van der Waals surface area contributed by atoms with Crippen molar-refractivity contribution in [2.75, 3.05) is 19.7 Å². The largest absolute Gasteiger partial charge is 0.394 e. The molecule has 4 rings (SSSR count). The number of aromatic nitrogens is 3. The minimum atomic E-state index is 0.132. The number of benzene rings is 1. The average Bonchev–Trinajstić information content (AvgIpc) is 3.11. The molecule has 1 atom stereocenters. The Bertz CT molecular complexity index is 839. The van der Waals surface area contributed by atoms with Crippen LogP contribution in [0.2, 0.25) is 0 Å². The lowest BCUT2D eigenvalue weighted by atomic mass is 9.94. The summed E-state index contributed by atoms with van der Waals surface area (Å²) < 4.78 is 1.84. The molecule has 0 radical (unpaired) electrons. The first-order valence-corrected chi connectivity index (χ1v) is 9.02. The molecular weight excluding hydrogens is 312 g/mol. The van der Waals surface area contributed by atoms with Crippen molar-refractivity contribution in [1.29, 1.82) is 0 Å². The molecule has 2 aromatic heterocycles. The first kappa shape index (κ1) is 16.2. The summed E-state index contributed by atoms with van der Waals surface area (Å²) in [5.74, 6) is 0.474. The molecule has 5 nitrogen and oxygen atoms in total. The van der Waals surface area contributed by atoms with Gasteiger partial charge in [0.1, 0.15) is 0 Å². The van der Waals surface area contributed by atoms with Crippen LogP contribution in [-0.2, 0) is 13.1 Å². The van der Waals surface area contributed by atoms with E-state index in [9.17, 15) is 0 Å². The van der Waals surface area contributed by atoms with Gasteiger partial charge in [0.15, 0.2) is 0 Å². The summed E-state index contributed by atoms with van der Waals surface area (Å²) in [4.78, 5) is 6.99. The molecule has 3 aromatic rings. The van der Waals surface area contributed by atoms with E-state index in [1.54, 1.807) is 0 Å². The Kier molecular flexibility index (Phi) is 4.76. The van der Waals surface area contributed by atoms with Gasteiger partial charge in [-0.05, 0) is 43.1 Å². The Labute approximate surface area is 147 Å². The second kappa shape index (κ2) is 7.33. The lowest BCUT2D eigenvalue weighted by Crippen LogP contribution is -2.34. The molecule has 5 heteroatoms. The second-order valence-corrected chi connectivity index (χ2v) is 6.79. The number of nitrogens with zero attached hydrogens (tertiary/aromatic N) is 4. The molecule has 130 valence electrons. The summed E-state index contributed by atoms with van der Waals surface area (Å²) in [6.45, 7) is 3.82. The molecule has 1 unspecified atom stereocenters. The molecule has 1 saturated heterocycles. The van der Waals surface area contributed by atoms with Crippen LogP contribution in [0.4, 0.5) is 0 Å². The third-order valence-electron chi connectivity index (χ3n) is 5.05. The number of para-hydroxylation sites is 1. The van der Waals surface area contributed by atoms with Gasteiger partial charge in [-0.3, -0.25) is 14.6 Å². The van der Waals surface area contributed by atoms with Crippen LogP contribution >= 0.6 is 0 Å². The number of aliphatic hydroxyl groups excluding tert-OH is 1. The van der Waals surface area contributed by atoms with E-state index in [1.807, 2.05) is 23.1 Å². The van der Waals surface area contributed by atoms with Crippen molar-refractivity contribution in [2.45, 2.75) is 31.8 Å². The lowest BCUT2D eigenvalue weighted by Gasteiger charge is -2.32. The number of aliphatic hydroxyl groups is 1. The van der Waals surface area contributed by atoms with Crippen molar-refractivity contribution in [1.82, 2.24) is 19.7 Å². The van der Waals surface area contributed by atoms with Crippen LogP contribution in [0.3, 0.4) is 0 Å². The minimum absolute atomic E-state index is 0.132. The molecule has 1 fully saturated rings. The van der Waals surface area contributed by atoms with Crippen LogP contribution in [0.1, 0.15) is 30.0 Å². The van der Waals surface area contributed by atoms with Gasteiger partial charge in [-0.2, -0.15) is 5.10 Å². The van der Waals surface area contributed by atoms with Gasteiger partial charge in [0.25, 0.3) is 0 Å². The van der Waals surface area contributed by atoms with E-state index in [-0.39, 0.29) is 6.61 Å². The van der Waals surface area contributed by atoms with Gasteiger partial charge in [-0.15, -0.1) is 0 Å². The average molecular weight is 336 g/mol. The number of hydrogen-bond donors (Lipinski definition) is 1. The first-order chi connectivity index (χ1) is 12.3. The molecule has 0 bridgehead atoms. The highest BCUT2D eigenvalue weighted by Gasteiger charge is 2.23. The smallest absolute Gasteiger partial charge is 0.0705 e. The van der Waals surface area contributed by atoms with Crippen LogP contribution in [0.5, 0.6) is 0 Å². The maximum absolute atomic E-state index is 9.06. The van der Waals surface area contributed by atoms with Crippen LogP contribution < -0.4 is 0 Å². The normalized spacial score (nSPS) is 18.7. The number of rotatable bonds is 5. The molecule has 0 aliphatic carbocycles. The Hall–Kier alpha value is -2.24. The Morgan fingerprint density at radius 3 is 3.00 bits per heavy atom. The molecule has 1 aliphatic rings. The standard InChI is InChI=1S/C20H24N4O/c25-13-12-24-11-8-19(22-24)17-4-3-10-23(15-17)14-16-7-9-21-20-6-2-1-5-18(16)20/h1-2,5-9,11,17,25H,3-4,10,12-15H2.